The number of hydrogen-bond donors (Lipinski definition) is 2. The Kier molecular flexibility index (Phi) is 3.89. The molecule has 0 aromatic heterocycles. The van der Waals surface area contributed by atoms with Crippen molar-refractivity contribution >= 4 is 11.9 Å². The highest BCUT2D eigenvalue weighted by atomic mass is 16.5. The molecule has 1 saturated carbocycles. The summed E-state index contributed by atoms with van der Waals surface area (Å²) in [6.07, 6.45) is 1.98. The smallest absolute Gasteiger partial charge is 0.339 e. The molecule has 1 aromatic carbocycles. The van der Waals surface area contributed by atoms with E-state index in [0.29, 0.717) is 5.75 Å². The van der Waals surface area contributed by atoms with Crippen molar-refractivity contribution < 1.29 is 24.2 Å². The van der Waals surface area contributed by atoms with Crippen LogP contribution in [-0.4, -0.2) is 36.7 Å². The van der Waals surface area contributed by atoms with Crippen LogP contribution in [0.1, 0.15) is 23.2 Å². The highest BCUT2D eigenvalue weighted by molar-refractivity contribution is 5.91. The predicted molar refractivity (Wildman–Crippen MR) is 66.6 cm³/mol. The van der Waals surface area contributed by atoms with Crippen LogP contribution in [0.25, 0.3) is 0 Å². The van der Waals surface area contributed by atoms with Crippen LogP contribution in [0, 0.1) is 0 Å². The van der Waals surface area contributed by atoms with Gasteiger partial charge in [-0.2, -0.15) is 0 Å². The number of hydrogen-bond acceptors (Lipinski definition) is 4. The number of carboxylic acid groups (broad SMARTS) is 1. The van der Waals surface area contributed by atoms with Gasteiger partial charge in [0.1, 0.15) is 17.1 Å². The first-order valence-electron chi connectivity index (χ1n) is 5.93. The van der Waals surface area contributed by atoms with Gasteiger partial charge in [-0.1, -0.05) is 0 Å². The topological polar surface area (TPSA) is 84.9 Å². The maximum absolute atomic E-state index is 11.5. The lowest BCUT2D eigenvalue weighted by molar-refractivity contribution is -0.123. The summed E-state index contributed by atoms with van der Waals surface area (Å²) in [4.78, 5) is 22.5. The van der Waals surface area contributed by atoms with E-state index in [-0.39, 0.29) is 29.9 Å². The number of carbonyl (C=O) groups is 2. The molecule has 0 saturated heterocycles. The number of ether oxygens (including phenoxy) is 2. The molecule has 6 nitrogen and oxygen atoms in total. The minimum atomic E-state index is -1.11. The predicted octanol–water partition coefficient (Wildman–Crippen LogP) is 1.05. The molecule has 1 fully saturated rings. The fourth-order valence-corrected chi connectivity index (χ4v) is 1.57. The number of aromatic carboxylic acids is 1. The Morgan fingerprint density at radius 1 is 1.42 bits per heavy atom. The Morgan fingerprint density at radius 3 is 2.74 bits per heavy atom. The van der Waals surface area contributed by atoms with Gasteiger partial charge >= 0.3 is 5.97 Å². The lowest BCUT2D eigenvalue weighted by Crippen LogP contribution is -2.30. The summed E-state index contributed by atoms with van der Waals surface area (Å²) >= 11 is 0. The number of carboxylic acids is 1. The zero-order valence-corrected chi connectivity index (χ0v) is 10.5. The van der Waals surface area contributed by atoms with Gasteiger partial charge in [0.2, 0.25) is 0 Å². The first-order valence-corrected chi connectivity index (χ1v) is 5.93. The minimum Gasteiger partial charge on any atom is -0.497 e. The summed E-state index contributed by atoms with van der Waals surface area (Å²) < 4.78 is 10.3. The van der Waals surface area contributed by atoms with Gasteiger partial charge in [0.25, 0.3) is 5.91 Å². The number of carbonyl (C=O) groups excluding carboxylic acids is 1. The van der Waals surface area contributed by atoms with Gasteiger partial charge in [-0.3, -0.25) is 4.79 Å². The van der Waals surface area contributed by atoms with Crippen molar-refractivity contribution in [2.75, 3.05) is 13.7 Å². The highest BCUT2D eigenvalue weighted by Crippen LogP contribution is 2.25. The summed E-state index contributed by atoms with van der Waals surface area (Å²) in [6.45, 7) is -0.204. The Balaban J connectivity index is 2.03. The minimum absolute atomic E-state index is 0.0000203. The molecule has 0 bridgehead atoms. The van der Waals surface area contributed by atoms with E-state index in [1.165, 1.54) is 25.3 Å². The Labute approximate surface area is 110 Å². The molecule has 0 unspecified atom stereocenters. The van der Waals surface area contributed by atoms with E-state index in [1.807, 2.05) is 0 Å². The van der Waals surface area contributed by atoms with Crippen LogP contribution in [0.5, 0.6) is 11.5 Å². The third-order valence-corrected chi connectivity index (χ3v) is 2.72. The third kappa shape index (κ3) is 3.61. The van der Waals surface area contributed by atoms with Crippen molar-refractivity contribution in [3.63, 3.8) is 0 Å². The number of rotatable bonds is 6. The van der Waals surface area contributed by atoms with Gasteiger partial charge in [0.15, 0.2) is 6.61 Å². The Bertz CT molecular complexity index is 496. The van der Waals surface area contributed by atoms with Crippen LogP contribution in [0.15, 0.2) is 18.2 Å². The van der Waals surface area contributed by atoms with E-state index in [9.17, 15) is 9.59 Å². The summed E-state index contributed by atoms with van der Waals surface area (Å²) in [5, 5.41) is 11.8. The van der Waals surface area contributed by atoms with E-state index < -0.39 is 5.97 Å². The first kappa shape index (κ1) is 13.2. The second kappa shape index (κ2) is 5.60. The van der Waals surface area contributed by atoms with Crippen molar-refractivity contribution in [2.24, 2.45) is 0 Å². The molecule has 102 valence electrons. The molecule has 19 heavy (non-hydrogen) atoms. The molecule has 0 heterocycles. The second-order valence-electron chi connectivity index (χ2n) is 4.30. The van der Waals surface area contributed by atoms with Crippen LogP contribution in [-0.2, 0) is 4.79 Å². The molecular weight excluding hydrogens is 250 g/mol. The maximum atomic E-state index is 11.5. The number of methoxy groups -OCH3 is 1. The van der Waals surface area contributed by atoms with Crippen molar-refractivity contribution in [2.45, 2.75) is 18.9 Å². The van der Waals surface area contributed by atoms with E-state index in [2.05, 4.69) is 5.32 Å². The molecule has 1 amide bonds. The van der Waals surface area contributed by atoms with Crippen LogP contribution in [0.3, 0.4) is 0 Å². The standard InChI is InChI=1S/C13H15NO5/c1-18-9-4-5-10(13(16)17)11(6-9)19-7-12(15)14-8-2-3-8/h4-6,8H,2-3,7H2,1H3,(H,14,15)(H,16,17). The largest absolute Gasteiger partial charge is 0.497 e. The van der Waals surface area contributed by atoms with Crippen molar-refractivity contribution in [1.29, 1.82) is 0 Å². The van der Waals surface area contributed by atoms with Gasteiger partial charge in [-0.15, -0.1) is 0 Å². The second-order valence-corrected chi connectivity index (χ2v) is 4.30. The van der Waals surface area contributed by atoms with Crippen molar-refractivity contribution in [3.05, 3.63) is 23.8 Å². The quantitative estimate of drug-likeness (QED) is 0.803. The van der Waals surface area contributed by atoms with Crippen LogP contribution >= 0.6 is 0 Å². The van der Waals surface area contributed by atoms with Crippen LogP contribution in [0.2, 0.25) is 0 Å². The fraction of sp³-hybridized carbons (Fsp3) is 0.385. The molecule has 6 heteroatoms. The van der Waals surface area contributed by atoms with Gasteiger partial charge in [-0.25, -0.2) is 4.79 Å². The van der Waals surface area contributed by atoms with Crippen molar-refractivity contribution in [3.8, 4) is 11.5 Å². The monoisotopic (exact) mass is 265 g/mol. The fourth-order valence-electron chi connectivity index (χ4n) is 1.57. The van der Waals surface area contributed by atoms with Crippen molar-refractivity contribution in [1.82, 2.24) is 5.32 Å². The highest BCUT2D eigenvalue weighted by Gasteiger charge is 2.23. The average molecular weight is 265 g/mol. The van der Waals surface area contributed by atoms with E-state index >= 15 is 0 Å². The molecule has 0 aliphatic heterocycles. The molecule has 1 aromatic rings. The summed E-state index contributed by atoms with van der Waals surface area (Å²) in [6, 6.07) is 4.62. The maximum Gasteiger partial charge on any atom is 0.339 e. The zero-order valence-electron chi connectivity index (χ0n) is 10.5. The summed E-state index contributed by atoms with van der Waals surface area (Å²) in [5.74, 6) is -0.762. The van der Waals surface area contributed by atoms with Gasteiger partial charge < -0.3 is 19.9 Å². The van der Waals surface area contributed by atoms with Gasteiger partial charge in [-0.05, 0) is 25.0 Å². The molecule has 2 N–H and O–H groups in total. The van der Waals surface area contributed by atoms with E-state index in [4.69, 9.17) is 14.6 Å². The summed E-state index contributed by atoms with van der Waals surface area (Å²) in [7, 11) is 1.47. The third-order valence-electron chi connectivity index (χ3n) is 2.72. The van der Waals surface area contributed by atoms with E-state index in [1.54, 1.807) is 0 Å². The normalized spacial score (nSPS) is 13.7. The first-order chi connectivity index (χ1) is 9.10. The molecule has 0 radical (unpaired) electrons. The number of benzene rings is 1. The Morgan fingerprint density at radius 2 is 2.16 bits per heavy atom. The Hall–Kier alpha value is -2.24. The number of nitrogens with one attached hydrogen (secondary N) is 1. The molecule has 1 aliphatic rings. The lowest BCUT2D eigenvalue weighted by Gasteiger charge is -2.10. The van der Waals surface area contributed by atoms with Gasteiger partial charge in [0, 0.05) is 12.1 Å². The average Bonchev–Trinajstić information content (AvgIpc) is 3.19. The zero-order chi connectivity index (χ0) is 13.8. The number of amides is 1. The lowest BCUT2D eigenvalue weighted by atomic mass is 10.2. The molecular formula is C13H15NO5. The molecule has 2 rings (SSSR count). The van der Waals surface area contributed by atoms with Crippen LogP contribution < -0.4 is 14.8 Å². The molecule has 0 spiro atoms. The molecule has 1 aliphatic carbocycles. The van der Waals surface area contributed by atoms with E-state index in [0.717, 1.165) is 12.8 Å². The van der Waals surface area contributed by atoms with Crippen LogP contribution in [0.4, 0.5) is 0 Å². The molecule has 0 atom stereocenters. The SMILES string of the molecule is COc1ccc(C(=O)O)c(OCC(=O)NC2CC2)c1. The summed E-state index contributed by atoms with van der Waals surface area (Å²) in [5.41, 5.74) is 0.0000203. The van der Waals surface area contributed by atoms with Gasteiger partial charge in [0.05, 0.1) is 7.11 Å².